The Balaban J connectivity index is 1.44. The molecule has 0 saturated carbocycles. The van der Waals surface area contributed by atoms with Crippen LogP contribution >= 0.6 is 0 Å². The molecule has 0 saturated heterocycles. The predicted octanol–water partition coefficient (Wildman–Crippen LogP) is 0.888. The van der Waals surface area contributed by atoms with Gasteiger partial charge in [-0.15, -0.1) is 0 Å². The number of aliphatic carboxylic acids is 1. The van der Waals surface area contributed by atoms with E-state index >= 15 is 0 Å². The average molecular weight is 333 g/mol. The predicted molar refractivity (Wildman–Crippen MR) is 85.3 cm³/mol. The largest absolute Gasteiger partial charge is 0.493 e. The lowest BCUT2D eigenvalue weighted by atomic mass is 10.0. The van der Waals surface area contributed by atoms with Gasteiger partial charge in [-0.2, -0.15) is 0 Å². The van der Waals surface area contributed by atoms with Crippen molar-refractivity contribution in [1.82, 2.24) is 10.6 Å². The van der Waals surface area contributed by atoms with Crippen LogP contribution in [0.25, 0.3) is 0 Å². The van der Waals surface area contributed by atoms with Crippen molar-refractivity contribution in [2.45, 2.75) is 25.4 Å². The third-order valence-electron chi connectivity index (χ3n) is 3.87. The highest BCUT2D eigenvalue weighted by Gasteiger charge is 2.24. The molecule has 1 atom stereocenters. The SMILES string of the molecule is O=C(O)CCNC(=O)NCC1CC(c2ccc3c(c2)CCO3)=NO1. The number of carbonyl (C=O) groups is 2. The number of nitrogens with zero attached hydrogens (tertiary/aromatic N) is 1. The molecule has 0 aliphatic carbocycles. The van der Waals surface area contributed by atoms with Crippen molar-refractivity contribution in [3.63, 3.8) is 0 Å². The molecule has 0 aromatic heterocycles. The molecule has 24 heavy (non-hydrogen) atoms. The highest BCUT2D eigenvalue weighted by atomic mass is 16.6. The normalized spacial score (nSPS) is 18.2. The molecule has 2 aliphatic rings. The van der Waals surface area contributed by atoms with Gasteiger partial charge in [0, 0.05) is 19.4 Å². The molecule has 0 radical (unpaired) electrons. The Labute approximate surface area is 138 Å². The zero-order valence-electron chi connectivity index (χ0n) is 13.1. The molecule has 0 fully saturated rings. The average Bonchev–Trinajstić information content (AvgIpc) is 3.21. The van der Waals surface area contributed by atoms with Crippen LogP contribution in [-0.2, 0) is 16.1 Å². The summed E-state index contributed by atoms with van der Waals surface area (Å²) in [6, 6.07) is 5.56. The monoisotopic (exact) mass is 333 g/mol. The summed E-state index contributed by atoms with van der Waals surface area (Å²) in [4.78, 5) is 27.3. The lowest BCUT2D eigenvalue weighted by Crippen LogP contribution is -2.40. The maximum absolute atomic E-state index is 11.5. The molecule has 3 rings (SSSR count). The summed E-state index contributed by atoms with van der Waals surface area (Å²) >= 11 is 0. The summed E-state index contributed by atoms with van der Waals surface area (Å²) < 4.78 is 5.49. The minimum Gasteiger partial charge on any atom is -0.493 e. The number of fused-ring (bicyclic) bond motifs is 1. The molecule has 1 aromatic rings. The van der Waals surface area contributed by atoms with Gasteiger partial charge < -0.3 is 25.3 Å². The van der Waals surface area contributed by atoms with E-state index in [0.29, 0.717) is 19.6 Å². The standard InChI is InChI=1S/C16H19N3O5/c20-15(21)3-5-17-16(22)18-9-12-8-13(19-24-12)10-1-2-14-11(7-10)4-6-23-14/h1-2,7,12H,3-6,8-9H2,(H,20,21)(H2,17,18,22). The van der Waals surface area contributed by atoms with E-state index in [0.717, 1.165) is 23.4 Å². The summed E-state index contributed by atoms with van der Waals surface area (Å²) in [5.41, 5.74) is 3.03. The summed E-state index contributed by atoms with van der Waals surface area (Å²) in [5.74, 6) is -0.0262. The first-order valence-corrected chi connectivity index (χ1v) is 7.84. The van der Waals surface area contributed by atoms with E-state index in [1.165, 1.54) is 5.56 Å². The number of ether oxygens (including phenoxy) is 1. The first-order chi connectivity index (χ1) is 11.6. The third kappa shape index (κ3) is 3.95. The number of urea groups is 1. The maximum atomic E-state index is 11.5. The van der Waals surface area contributed by atoms with Crippen LogP contribution in [0.5, 0.6) is 5.75 Å². The van der Waals surface area contributed by atoms with Gasteiger partial charge in [0.05, 0.1) is 25.3 Å². The van der Waals surface area contributed by atoms with E-state index in [9.17, 15) is 9.59 Å². The Morgan fingerprint density at radius 3 is 3.04 bits per heavy atom. The fourth-order valence-electron chi connectivity index (χ4n) is 2.63. The van der Waals surface area contributed by atoms with Crippen LogP contribution in [0.2, 0.25) is 0 Å². The lowest BCUT2D eigenvalue weighted by molar-refractivity contribution is -0.136. The Morgan fingerprint density at radius 2 is 2.21 bits per heavy atom. The number of carbonyl (C=O) groups excluding carboxylic acids is 1. The molecule has 3 N–H and O–H groups in total. The number of carboxylic acids is 1. The van der Waals surface area contributed by atoms with Gasteiger partial charge in [-0.25, -0.2) is 4.79 Å². The van der Waals surface area contributed by atoms with Crippen molar-refractivity contribution >= 4 is 17.7 Å². The molecule has 1 unspecified atom stereocenters. The van der Waals surface area contributed by atoms with Gasteiger partial charge in [-0.3, -0.25) is 4.79 Å². The Kier molecular flexibility index (Phi) is 4.83. The summed E-state index contributed by atoms with van der Waals surface area (Å²) in [6.45, 7) is 1.11. The van der Waals surface area contributed by atoms with Gasteiger partial charge in [-0.1, -0.05) is 5.16 Å². The van der Waals surface area contributed by atoms with Gasteiger partial charge in [0.15, 0.2) is 6.10 Å². The van der Waals surface area contributed by atoms with E-state index in [4.69, 9.17) is 14.7 Å². The van der Waals surface area contributed by atoms with E-state index in [1.54, 1.807) is 0 Å². The molecular formula is C16H19N3O5. The second-order valence-corrected chi connectivity index (χ2v) is 5.67. The number of benzene rings is 1. The molecule has 0 bridgehead atoms. The number of nitrogens with one attached hydrogen (secondary N) is 2. The van der Waals surface area contributed by atoms with Gasteiger partial charge >= 0.3 is 12.0 Å². The molecular weight excluding hydrogens is 314 g/mol. The number of amides is 2. The summed E-state index contributed by atoms with van der Waals surface area (Å²) in [7, 11) is 0. The number of hydrogen-bond donors (Lipinski definition) is 3. The molecule has 2 heterocycles. The van der Waals surface area contributed by atoms with Gasteiger partial charge in [0.1, 0.15) is 5.75 Å². The van der Waals surface area contributed by atoms with Crippen molar-refractivity contribution in [1.29, 1.82) is 0 Å². The Hall–Kier alpha value is -2.77. The fourth-order valence-corrected chi connectivity index (χ4v) is 2.63. The van der Waals surface area contributed by atoms with Gasteiger partial charge in [-0.05, 0) is 29.3 Å². The minimum atomic E-state index is -0.952. The Morgan fingerprint density at radius 1 is 1.33 bits per heavy atom. The molecule has 2 amide bonds. The van der Waals surface area contributed by atoms with Crippen molar-refractivity contribution < 1.29 is 24.3 Å². The lowest BCUT2D eigenvalue weighted by Gasteiger charge is -2.10. The molecule has 0 spiro atoms. The molecule has 128 valence electrons. The topological polar surface area (TPSA) is 109 Å². The fraction of sp³-hybridized carbons (Fsp3) is 0.438. The van der Waals surface area contributed by atoms with Crippen molar-refractivity contribution in [3.8, 4) is 5.75 Å². The maximum Gasteiger partial charge on any atom is 0.314 e. The van der Waals surface area contributed by atoms with Crippen LogP contribution in [0.3, 0.4) is 0 Å². The quantitative estimate of drug-likeness (QED) is 0.716. The van der Waals surface area contributed by atoms with Crippen LogP contribution in [0.15, 0.2) is 23.4 Å². The van der Waals surface area contributed by atoms with Crippen molar-refractivity contribution in [2.24, 2.45) is 5.16 Å². The van der Waals surface area contributed by atoms with E-state index in [-0.39, 0.29) is 19.1 Å². The van der Waals surface area contributed by atoms with Crippen molar-refractivity contribution in [3.05, 3.63) is 29.3 Å². The van der Waals surface area contributed by atoms with Crippen LogP contribution in [0, 0.1) is 0 Å². The number of carboxylic acid groups (broad SMARTS) is 1. The number of oxime groups is 1. The highest BCUT2D eigenvalue weighted by molar-refractivity contribution is 6.01. The molecule has 8 heteroatoms. The van der Waals surface area contributed by atoms with Gasteiger partial charge in [0.2, 0.25) is 0 Å². The molecule has 2 aliphatic heterocycles. The zero-order valence-corrected chi connectivity index (χ0v) is 13.1. The van der Waals surface area contributed by atoms with Crippen LogP contribution < -0.4 is 15.4 Å². The van der Waals surface area contributed by atoms with Crippen LogP contribution in [0.1, 0.15) is 24.0 Å². The minimum absolute atomic E-state index is 0.0889. The van der Waals surface area contributed by atoms with Crippen LogP contribution in [0.4, 0.5) is 4.79 Å². The van der Waals surface area contributed by atoms with Crippen LogP contribution in [-0.4, -0.2) is 48.6 Å². The smallest absolute Gasteiger partial charge is 0.314 e. The Bertz CT molecular complexity index is 674. The van der Waals surface area contributed by atoms with E-state index < -0.39 is 12.0 Å². The summed E-state index contributed by atoms with van der Waals surface area (Å²) in [6.07, 6.45) is 1.17. The third-order valence-corrected chi connectivity index (χ3v) is 3.87. The number of rotatable bonds is 6. The summed E-state index contributed by atoms with van der Waals surface area (Å²) in [5, 5.41) is 17.7. The second-order valence-electron chi connectivity index (χ2n) is 5.67. The first-order valence-electron chi connectivity index (χ1n) is 7.84. The molecule has 8 nitrogen and oxygen atoms in total. The second kappa shape index (κ2) is 7.20. The number of hydrogen-bond acceptors (Lipinski definition) is 5. The van der Waals surface area contributed by atoms with E-state index in [2.05, 4.69) is 21.9 Å². The first kappa shape index (κ1) is 16.1. The zero-order chi connectivity index (χ0) is 16.9. The highest BCUT2D eigenvalue weighted by Crippen LogP contribution is 2.27. The van der Waals surface area contributed by atoms with E-state index in [1.807, 2.05) is 12.1 Å². The molecule has 1 aromatic carbocycles. The van der Waals surface area contributed by atoms with Crippen molar-refractivity contribution in [2.75, 3.05) is 19.7 Å². The van der Waals surface area contributed by atoms with Gasteiger partial charge in [0.25, 0.3) is 0 Å².